The molecule has 4 aliphatic carbocycles. The lowest BCUT2D eigenvalue weighted by Crippen LogP contribution is -2.60. The molecule has 5 aliphatic rings. The van der Waals surface area contributed by atoms with Gasteiger partial charge < -0.3 is 31.9 Å². The summed E-state index contributed by atoms with van der Waals surface area (Å²) in [5.74, 6) is -2.79. The summed E-state index contributed by atoms with van der Waals surface area (Å²) in [5.41, 5.74) is 6.57. The van der Waals surface area contributed by atoms with Crippen LogP contribution in [-0.4, -0.2) is 108 Å². The number of nitrogens with one attached hydrogen (secondary N) is 8. The average Bonchev–Trinajstić information content (AvgIpc) is 3.90. The summed E-state index contributed by atoms with van der Waals surface area (Å²) in [5, 5.41) is 20.3. The van der Waals surface area contributed by atoms with Crippen LogP contribution in [0.4, 0.5) is 0 Å². The lowest BCUT2D eigenvalue weighted by Gasteiger charge is -2.37. The molecule has 1 aliphatic heterocycles. The molecule has 80 heavy (non-hydrogen) atoms. The maximum atomic E-state index is 15.2. The quantitative estimate of drug-likeness (QED) is 0.0284. The molecule has 0 aromatic rings. The first kappa shape index (κ1) is 66.8. The molecule has 10 unspecified atom stereocenters. The minimum atomic E-state index is -1.02. The Balaban J connectivity index is 1.36. The number of rotatable bonds is 34. The van der Waals surface area contributed by atoms with E-state index in [0.717, 1.165) is 129 Å². The van der Waals surface area contributed by atoms with Gasteiger partial charge in [-0.25, -0.2) is 10.4 Å². The number of hydrogen-bond donors (Lipinski definition) is 8. The van der Waals surface area contributed by atoms with Gasteiger partial charge in [0, 0.05) is 37.9 Å². The second-order valence-corrected chi connectivity index (χ2v) is 26.3. The minimum Gasteiger partial charge on any atom is -0.349 e. The lowest BCUT2D eigenvalue weighted by atomic mass is 9.70. The molecule has 0 radical (unpaired) electrons. The summed E-state index contributed by atoms with van der Waals surface area (Å²) < 4.78 is 0. The first-order chi connectivity index (χ1) is 38.4. The van der Waals surface area contributed by atoms with Crippen LogP contribution >= 0.6 is 0 Å². The molecule has 1 saturated heterocycles. The summed E-state index contributed by atoms with van der Waals surface area (Å²) >= 11 is 0. The molecule has 5 rings (SSSR count). The van der Waals surface area contributed by atoms with E-state index in [-0.39, 0.29) is 59.6 Å². The number of unbranched alkanes of at least 4 members (excludes halogenated alkanes) is 6. The zero-order chi connectivity index (χ0) is 58.0. The molecular weight excluding hydrogens is 1010 g/mol. The topological polar surface area (TPSA) is 236 Å². The van der Waals surface area contributed by atoms with Crippen LogP contribution in [0.15, 0.2) is 0 Å². The first-order valence-corrected chi connectivity index (χ1v) is 32.5. The van der Waals surface area contributed by atoms with Crippen molar-refractivity contribution >= 4 is 47.0 Å². The van der Waals surface area contributed by atoms with E-state index in [2.05, 4.69) is 75.6 Å². The van der Waals surface area contributed by atoms with Crippen LogP contribution in [0, 0.1) is 47.3 Å². The summed E-state index contributed by atoms with van der Waals surface area (Å²) in [6.45, 7) is 15.0. The Morgan fingerprint density at radius 1 is 0.600 bits per heavy atom. The van der Waals surface area contributed by atoms with E-state index >= 15 is 9.59 Å². The molecule has 17 nitrogen and oxygen atoms in total. The standard InChI is InChI=1S/C63H111N9O8/c1-8-9-10-11-12-24-33-72-41-50(70-71-72)39-57(65-46(7)74)63(80)69-56(38-48-28-18-14-19-29-48)62(79)67-54(36-44(5)49-30-20-15-21-31-49)60(77)68-55(37-47-26-16-13-17-27-47)61(78)66-53-35-43(4)34-52(58(53)75)51(32-23-22-25-42(2)3)59(76)64-40-45(6)73/h42-44,47-57,70-71H,8-41H2,1-7H3,(H,64,76)(H,65,74)(H,66,78)(H,67,79)(H,68,77)(H,69,80). The number of Topliss-reactive ketones (excluding diaryl/α,β-unsaturated/α-hetero) is 2. The summed E-state index contributed by atoms with van der Waals surface area (Å²) in [6.07, 6.45) is 28.1. The Morgan fingerprint density at radius 2 is 1.14 bits per heavy atom. The highest BCUT2D eigenvalue weighted by Crippen LogP contribution is 2.36. The van der Waals surface area contributed by atoms with E-state index in [1.54, 1.807) is 0 Å². The molecule has 0 aromatic heterocycles. The van der Waals surface area contributed by atoms with E-state index in [4.69, 9.17) is 0 Å². The normalized spacial score (nSPS) is 24.0. The molecule has 10 atom stereocenters. The lowest BCUT2D eigenvalue weighted by molar-refractivity contribution is -0.140. The smallest absolute Gasteiger partial charge is 0.243 e. The van der Waals surface area contributed by atoms with Gasteiger partial charge in [0.2, 0.25) is 35.4 Å². The highest BCUT2D eigenvalue weighted by atomic mass is 16.2. The van der Waals surface area contributed by atoms with Crippen molar-refractivity contribution in [2.45, 2.75) is 284 Å². The number of ketones is 2. The Hall–Kier alpha value is -3.96. The van der Waals surface area contributed by atoms with E-state index in [1.807, 2.05) is 6.92 Å². The maximum absolute atomic E-state index is 15.2. The van der Waals surface area contributed by atoms with Gasteiger partial charge in [0.25, 0.3) is 0 Å². The number of nitrogens with zero attached hydrogens (tertiary/aromatic N) is 1. The van der Waals surface area contributed by atoms with Crippen molar-refractivity contribution in [1.29, 1.82) is 0 Å². The van der Waals surface area contributed by atoms with Crippen molar-refractivity contribution in [3.05, 3.63) is 0 Å². The molecule has 6 amide bonds. The highest BCUT2D eigenvalue weighted by Gasteiger charge is 2.44. The maximum Gasteiger partial charge on any atom is 0.243 e. The number of hydrazine groups is 2. The molecule has 1 heterocycles. The fraction of sp³-hybridized carbons (Fsp3) is 0.873. The van der Waals surface area contributed by atoms with Crippen LogP contribution in [0.1, 0.15) is 248 Å². The Labute approximate surface area is 482 Å². The van der Waals surface area contributed by atoms with Crippen LogP contribution in [-0.2, 0) is 38.4 Å². The Kier molecular flexibility index (Phi) is 30.0. The van der Waals surface area contributed by atoms with Crippen molar-refractivity contribution in [3.63, 3.8) is 0 Å². The third kappa shape index (κ3) is 23.7. The van der Waals surface area contributed by atoms with Crippen LogP contribution in [0.2, 0.25) is 0 Å². The highest BCUT2D eigenvalue weighted by molar-refractivity contribution is 5.98. The fourth-order valence-electron chi connectivity index (χ4n) is 13.9. The molecule has 8 N–H and O–H groups in total. The van der Waals surface area contributed by atoms with Crippen LogP contribution in [0.25, 0.3) is 0 Å². The molecule has 17 heteroatoms. The van der Waals surface area contributed by atoms with Gasteiger partial charge in [-0.3, -0.25) is 38.4 Å². The largest absolute Gasteiger partial charge is 0.349 e. The molecule has 0 spiro atoms. The van der Waals surface area contributed by atoms with Gasteiger partial charge in [-0.05, 0) is 93.8 Å². The van der Waals surface area contributed by atoms with Gasteiger partial charge in [0.15, 0.2) is 5.78 Å². The van der Waals surface area contributed by atoms with Gasteiger partial charge in [-0.2, -0.15) is 5.53 Å². The predicted molar refractivity (Wildman–Crippen MR) is 315 cm³/mol. The van der Waals surface area contributed by atoms with Gasteiger partial charge in [0.05, 0.1) is 12.6 Å². The van der Waals surface area contributed by atoms with E-state index in [0.29, 0.717) is 63.3 Å². The van der Waals surface area contributed by atoms with Crippen LogP contribution < -0.4 is 42.9 Å². The van der Waals surface area contributed by atoms with Crippen molar-refractivity contribution < 1.29 is 38.4 Å². The van der Waals surface area contributed by atoms with Crippen LogP contribution in [0.3, 0.4) is 0 Å². The Morgan fingerprint density at radius 3 is 1.73 bits per heavy atom. The van der Waals surface area contributed by atoms with Gasteiger partial charge in [-0.15, -0.1) is 0 Å². The zero-order valence-corrected chi connectivity index (χ0v) is 50.8. The molecule has 456 valence electrons. The van der Waals surface area contributed by atoms with Crippen molar-refractivity contribution in [2.24, 2.45) is 47.3 Å². The SMILES string of the molecule is CCCCCCCCN1CC(CC(NC(C)=O)C(=O)NC(CC2CCCCC2)C(=O)NC(CC(C)C2CCCCC2)C(=O)NC(CC2CCCCC2)C(=O)NC2CC(C)CC(C(CCCCC(C)C)C(=O)NCC(C)=O)C2=O)NN1. The third-order valence-electron chi connectivity index (χ3n) is 18.6. The van der Waals surface area contributed by atoms with Gasteiger partial charge in [0.1, 0.15) is 30.0 Å². The number of hydrogen-bond acceptors (Lipinski definition) is 11. The molecule has 0 aromatic carbocycles. The Bertz CT molecular complexity index is 1940. The second-order valence-electron chi connectivity index (χ2n) is 26.3. The summed E-state index contributed by atoms with van der Waals surface area (Å²) in [4.78, 5) is 113. The molecule has 4 saturated carbocycles. The van der Waals surface area contributed by atoms with E-state index in [9.17, 15) is 28.8 Å². The van der Waals surface area contributed by atoms with Gasteiger partial charge >= 0.3 is 0 Å². The van der Waals surface area contributed by atoms with Crippen molar-refractivity contribution in [3.8, 4) is 0 Å². The van der Waals surface area contributed by atoms with E-state index < -0.39 is 65.7 Å². The number of amides is 6. The molecule has 0 bridgehead atoms. The molecular formula is C63H111N9O8. The number of carbonyl (C=O) groups excluding carboxylic acids is 8. The number of carbonyl (C=O) groups is 8. The van der Waals surface area contributed by atoms with Crippen molar-refractivity contribution in [1.82, 2.24) is 47.9 Å². The summed E-state index contributed by atoms with van der Waals surface area (Å²) in [7, 11) is 0. The minimum absolute atomic E-state index is 0.0195. The van der Waals surface area contributed by atoms with Crippen molar-refractivity contribution in [2.75, 3.05) is 19.6 Å². The van der Waals surface area contributed by atoms with E-state index in [1.165, 1.54) is 46.0 Å². The fourth-order valence-corrected chi connectivity index (χ4v) is 13.9. The zero-order valence-electron chi connectivity index (χ0n) is 50.8. The molecule has 5 fully saturated rings. The summed E-state index contributed by atoms with van der Waals surface area (Å²) in [6, 6.07) is -4.89. The first-order valence-electron chi connectivity index (χ1n) is 32.5. The third-order valence-corrected chi connectivity index (χ3v) is 18.6. The second kappa shape index (κ2) is 35.9. The predicted octanol–water partition coefficient (Wildman–Crippen LogP) is 8.57. The van der Waals surface area contributed by atoms with Crippen LogP contribution in [0.5, 0.6) is 0 Å². The average molecular weight is 1120 g/mol. The van der Waals surface area contributed by atoms with Gasteiger partial charge in [-0.1, -0.05) is 182 Å². The monoisotopic (exact) mass is 1120 g/mol.